The zero-order chi connectivity index (χ0) is 11.8. The summed E-state index contributed by atoms with van der Waals surface area (Å²) >= 11 is 0. The van der Waals surface area contributed by atoms with Crippen LogP contribution < -0.4 is 9.47 Å². The van der Waals surface area contributed by atoms with Gasteiger partial charge in [0, 0.05) is 12.5 Å². The lowest BCUT2D eigenvalue weighted by atomic mass is 10.2. The molecule has 0 amide bonds. The SMILES string of the molecule is COc1cccc(OCCC(=O)CC#N)c1. The van der Waals surface area contributed by atoms with Crippen LogP contribution in [0.4, 0.5) is 0 Å². The van der Waals surface area contributed by atoms with Crippen LogP contribution in [0.3, 0.4) is 0 Å². The third-order valence-corrected chi connectivity index (χ3v) is 1.97. The summed E-state index contributed by atoms with van der Waals surface area (Å²) in [5.41, 5.74) is 0. The molecule has 4 heteroatoms. The van der Waals surface area contributed by atoms with Gasteiger partial charge < -0.3 is 9.47 Å². The van der Waals surface area contributed by atoms with E-state index in [1.54, 1.807) is 19.2 Å². The predicted molar refractivity (Wildman–Crippen MR) is 58.3 cm³/mol. The number of nitrogens with zero attached hydrogens (tertiary/aromatic N) is 1. The van der Waals surface area contributed by atoms with E-state index in [0.717, 1.165) is 0 Å². The summed E-state index contributed by atoms with van der Waals surface area (Å²) in [6, 6.07) is 8.97. The molecule has 0 unspecified atom stereocenters. The average molecular weight is 219 g/mol. The number of ketones is 1. The highest BCUT2D eigenvalue weighted by Gasteiger charge is 2.02. The Morgan fingerprint density at radius 1 is 1.44 bits per heavy atom. The van der Waals surface area contributed by atoms with E-state index in [4.69, 9.17) is 14.7 Å². The van der Waals surface area contributed by atoms with Crippen LogP contribution in [0.1, 0.15) is 12.8 Å². The first-order valence-electron chi connectivity index (χ1n) is 4.91. The Bertz CT molecular complexity index is 395. The van der Waals surface area contributed by atoms with Gasteiger partial charge in [-0.15, -0.1) is 0 Å². The van der Waals surface area contributed by atoms with E-state index in [0.29, 0.717) is 11.5 Å². The maximum Gasteiger partial charge on any atom is 0.150 e. The Balaban J connectivity index is 2.37. The molecule has 0 aliphatic heterocycles. The van der Waals surface area contributed by atoms with Crippen molar-refractivity contribution in [1.29, 1.82) is 5.26 Å². The van der Waals surface area contributed by atoms with E-state index in [2.05, 4.69) is 0 Å². The molecule has 0 spiro atoms. The second-order valence-electron chi connectivity index (χ2n) is 3.15. The number of carbonyl (C=O) groups excluding carboxylic acids is 1. The number of ether oxygens (including phenoxy) is 2. The van der Waals surface area contributed by atoms with Crippen molar-refractivity contribution >= 4 is 5.78 Å². The summed E-state index contributed by atoms with van der Waals surface area (Å²) in [6.07, 6.45) is 0.201. The molecule has 0 saturated carbocycles. The fourth-order valence-electron chi connectivity index (χ4n) is 1.15. The molecule has 1 aromatic carbocycles. The van der Waals surface area contributed by atoms with Crippen molar-refractivity contribution in [3.05, 3.63) is 24.3 Å². The Labute approximate surface area is 94.4 Å². The second kappa shape index (κ2) is 6.46. The molecule has 0 heterocycles. The number of carbonyl (C=O) groups is 1. The quantitative estimate of drug-likeness (QED) is 0.733. The minimum absolute atomic E-state index is 0.0541. The Hall–Kier alpha value is -2.02. The molecule has 4 nitrogen and oxygen atoms in total. The van der Waals surface area contributed by atoms with Crippen molar-refractivity contribution in [1.82, 2.24) is 0 Å². The highest BCUT2D eigenvalue weighted by atomic mass is 16.5. The van der Waals surface area contributed by atoms with E-state index in [9.17, 15) is 4.79 Å². The maximum absolute atomic E-state index is 11.0. The van der Waals surface area contributed by atoms with Gasteiger partial charge in [0.1, 0.15) is 17.3 Å². The standard InChI is InChI=1S/C12H13NO3/c1-15-11-3-2-4-12(9-11)16-8-6-10(14)5-7-13/h2-4,9H,5-6,8H2,1H3. The molecule has 0 bridgehead atoms. The smallest absolute Gasteiger partial charge is 0.150 e. The zero-order valence-corrected chi connectivity index (χ0v) is 9.10. The second-order valence-corrected chi connectivity index (χ2v) is 3.15. The van der Waals surface area contributed by atoms with Crippen molar-refractivity contribution in [2.75, 3.05) is 13.7 Å². The Morgan fingerprint density at radius 2 is 2.19 bits per heavy atom. The molecule has 0 saturated heterocycles. The van der Waals surface area contributed by atoms with Gasteiger partial charge in [0.25, 0.3) is 0 Å². The lowest BCUT2D eigenvalue weighted by Gasteiger charge is -2.06. The summed E-state index contributed by atoms with van der Waals surface area (Å²) < 4.78 is 10.4. The molecule has 0 N–H and O–H groups in total. The van der Waals surface area contributed by atoms with Crippen LogP contribution in [-0.2, 0) is 4.79 Å². The van der Waals surface area contributed by atoms with E-state index in [1.807, 2.05) is 18.2 Å². The molecule has 0 aliphatic carbocycles. The fraction of sp³-hybridized carbons (Fsp3) is 0.333. The summed E-state index contributed by atoms with van der Waals surface area (Å²) in [4.78, 5) is 11.0. The van der Waals surface area contributed by atoms with Gasteiger partial charge in [0.15, 0.2) is 0 Å². The van der Waals surface area contributed by atoms with Crippen LogP contribution in [0, 0.1) is 11.3 Å². The van der Waals surface area contributed by atoms with Crippen molar-refractivity contribution < 1.29 is 14.3 Å². The highest BCUT2D eigenvalue weighted by Crippen LogP contribution is 2.18. The van der Waals surface area contributed by atoms with Crippen molar-refractivity contribution in [2.24, 2.45) is 0 Å². The molecule has 0 fully saturated rings. The Kier molecular flexibility index (Phi) is 4.87. The van der Waals surface area contributed by atoms with Crippen LogP contribution >= 0.6 is 0 Å². The van der Waals surface area contributed by atoms with Gasteiger partial charge in [-0.3, -0.25) is 4.79 Å². The maximum atomic E-state index is 11.0. The topological polar surface area (TPSA) is 59.3 Å². The zero-order valence-electron chi connectivity index (χ0n) is 9.10. The number of Topliss-reactive ketones (excluding diaryl/α,β-unsaturated/α-hetero) is 1. The van der Waals surface area contributed by atoms with Gasteiger partial charge in [-0.2, -0.15) is 5.26 Å². The van der Waals surface area contributed by atoms with Gasteiger partial charge in [-0.1, -0.05) is 6.07 Å². The molecule has 1 rings (SSSR count). The number of methoxy groups -OCH3 is 1. The lowest BCUT2D eigenvalue weighted by molar-refractivity contribution is -0.118. The monoisotopic (exact) mass is 219 g/mol. The number of hydrogen-bond acceptors (Lipinski definition) is 4. The molecular formula is C12H13NO3. The third-order valence-electron chi connectivity index (χ3n) is 1.97. The van der Waals surface area contributed by atoms with Crippen LogP contribution in [0.15, 0.2) is 24.3 Å². The van der Waals surface area contributed by atoms with Crippen molar-refractivity contribution in [3.63, 3.8) is 0 Å². The number of rotatable bonds is 6. The molecule has 0 atom stereocenters. The average Bonchev–Trinajstić information content (AvgIpc) is 2.30. The van der Waals surface area contributed by atoms with E-state index < -0.39 is 0 Å². The van der Waals surface area contributed by atoms with Crippen LogP contribution in [0.25, 0.3) is 0 Å². The first kappa shape index (κ1) is 12.1. The molecular weight excluding hydrogens is 206 g/mol. The van der Waals surface area contributed by atoms with Gasteiger partial charge >= 0.3 is 0 Å². The van der Waals surface area contributed by atoms with Gasteiger partial charge in [-0.25, -0.2) is 0 Å². The van der Waals surface area contributed by atoms with E-state index in [-0.39, 0.29) is 25.2 Å². The summed E-state index contributed by atoms with van der Waals surface area (Å²) in [6.45, 7) is 0.285. The lowest BCUT2D eigenvalue weighted by Crippen LogP contribution is -2.05. The largest absolute Gasteiger partial charge is 0.497 e. The summed E-state index contributed by atoms with van der Waals surface area (Å²) in [5, 5.41) is 8.29. The molecule has 84 valence electrons. The van der Waals surface area contributed by atoms with Crippen molar-refractivity contribution in [2.45, 2.75) is 12.8 Å². The normalized spacial score (nSPS) is 9.25. The minimum Gasteiger partial charge on any atom is -0.497 e. The van der Waals surface area contributed by atoms with E-state index in [1.165, 1.54) is 0 Å². The van der Waals surface area contributed by atoms with Crippen LogP contribution in [0.5, 0.6) is 11.5 Å². The highest BCUT2D eigenvalue weighted by molar-refractivity contribution is 5.80. The van der Waals surface area contributed by atoms with Gasteiger partial charge in [-0.05, 0) is 12.1 Å². The molecule has 0 aromatic heterocycles. The first-order valence-corrected chi connectivity index (χ1v) is 4.91. The predicted octanol–water partition coefficient (Wildman–Crippen LogP) is 1.95. The molecule has 1 aromatic rings. The summed E-state index contributed by atoms with van der Waals surface area (Å²) in [5.74, 6) is 1.26. The molecule has 16 heavy (non-hydrogen) atoms. The first-order chi connectivity index (χ1) is 7.76. The minimum atomic E-state index is -0.106. The number of hydrogen-bond donors (Lipinski definition) is 0. The summed E-state index contributed by atoms with van der Waals surface area (Å²) in [7, 11) is 1.58. The van der Waals surface area contributed by atoms with Crippen molar-refractivity contribution in [3.8, 4) is 17.6 Å². The fourth-order valence-corrected chi connectivity index (χ4v) is 1.15. The number of benzene rings is 1. The van der Waals surface area contributed by atoms with Crippen LogP contribution in [0.2, 0.25) is 0 Å². The third kappa shape index (κ3) is 4.01. The van der Waals surface area contributed by atoms with E-state index >= 15 is 0 Å². The molecule has 0 aliphatic rings. The van der Waals surface area contributed by atoms with Gasteiger partial charge in [0.2, 0.25) is 0 Å². The Morgan fingerprint density at radius 3 is 2.88 bits per heavy atom. The van der Waals surface area contributed by atoms with Crippen LogP contribution in [-0.4, -0.2) is 19.5 Å². The number of nitriles is 1. The molecule has 0 radical (unpaired) electrons. The van der Waals surface area contributed by atoms with Gasteiger partial charge in [0.05, 0.1) is 26.2 Å².